The molecule has 2 aromatic carbocycles. The summed E-state index contributed by atoms with van der Waals surface area (Å²) < 4.78 is 20.9. The topological polar surface area (TPSA) is 47.2 Å². The van der Waals surface area contributed by atoms with Gasteiger partial charge in [0.2, 0.25) is 0 Å². The minimum absolute atomic E-state index is 0.232. The van der Waals surface area contributed by atoms with Crippen LogP contribution in [0.25, 0.3) is 11.1 Å². The normalized spacial score (nSPS) is 11.1. The fraction of sp³-hybridized carbons (Fsp3) is 0.136. The number of halogens is 1. The third kappa shape index (κ3) is 3.36. The van der Waals surface area contributed by atoms with Crippen LogP contribution in [0.5, 0.6) is 0 Å². The van der Waals surface area contributed by atoms with Gasteiger partial charge in [0, 0.05) is 24.4 Å². The number of fused-ring (bicyclic) bond motifs is 1. The van der Waals surface area contributed by atoms with Crippen molar-refractivity contribution in [2.75, 3.05) is 5.32 Å². The van der Waals surface area contributed by atoms with Gasteiger partial charge in [-0.3, -0.25) is 4.79 Å². The summed E-state index contributed by atoms with van der Waals surface area (Å²) in [5, 5.41) is 2.97. The number of furan rings is 1. The Labute approximate surface area is 156 Å². The van der Waals surface area contributed by atoms with Crippen molar-refractivity contribution in [2.45, 2.75) is 20.4 Å². The number of carbonyl (C=O) groups is 1. The Morgan fingerprint density at radius 3 is 2.74 bits per heavy atom. The van der Waals surface area contributed by atoms with Crippen LogP contribution < -0.4 is 5.32 Å². The second-order valence-electron chi connectivity index (χ2n) is 6.69. The van der Waals surface area contributed by atoms with E-state index in [2.05, 4.69) is 5.32 Å². The summed E-state index contributed by atoms with van der Waals surface area (Å²) in [5.74, 6) is -0.533. The predicted octanol–water partition coefficient (Wildman–Crippen LogP) is 5.29. The smallest absolute Gasteiger partial charge is 0.272 e. The van der Waals surface area contributed by atoms with Gasteiger partial charge < -0.3 is 14.3 Å². The summed E-state index contributed by atoms with van der Waals surface area (Å²) >= 11 is 0. The molecule has 4 nitrogen and oxygen atoms in total. The first-order valence-corrected chi connectivity index (χ1v) is 8.71. The lowest BCUT2D eigenvalue weighted by Crippen LogP contribution is -2.18. The van der Waals surface area contributed by atoms with Crippen molar-refractivity contribution in [1.82, 2.24) is 4.57 Å². The summed E-state index contributed by atoms with van der Waals surface area (Å²) in [4.78, 5) is 12.9. The van der Waals surface area contributed by atoms with Crippen molar-refractivity contribution in [2.24, 2.45) is 0 Å². The molecular formula is C22H19FN2O2. The lowest BCUT2D eigenvalue weighted by Gasteiger charge is -2.12. The van der Waals surface area contributed by atoms with Crippen LogP contribution in [0, 0.1) is 19.7 Å². The molecule has 27 heavy (non-hydrogen) atoms. The average Bonchev–Trinajstić information content (AvgIpc) is 3.20. The molecule has 0 bridgehead atoms. The maximum absolute atomic E-state index is 13.6. The predicted molar refractivity (Wildman–Crippen MR) is 104 cm³/mol. The maximum Gasteiger partial charge on any atom is 0.272 e. The third-order valence-electron chi connectivity index (χ3n) is 4.62. The highest BCUT2D eigenvalue weighted by Gasteiger charge is 2.18. The standard InChI is InChI=1S/C22H19FN2O2/c1-14-6-7-18(15(2)10-14)24-22(26)20-12-21-19(8-9-27-21)25(20)13-16-4-3-5-17(23)11-16/h3-12H,13H2,1-2H3,(H,24,26). The zero-order valence-corrected chi connectivity index (χ0v) is 15.1. The van der Waals surface area contributed by atoms with Gasteiger partial charge in [0.05, 0.1) is 11.8 Å². The summed E-state index contributed by atoms with van der Waals surface area (Å²) in [6, 6.07) is 15.8. The molecule has 5 heteroatoms. The van der Waals surface area contributed by atoms with E-state index in [0.717, 1.165) is 27.9 Å². The van der Waals surface area contributed by atoms with Crippen LogP contribution in [0.3, 0.4) is 0 Å². The zero-order chi connectivity index (χ0) is 19.0. The van der Waals surface area contributed by atoms with E-state index in [9.17, 15) is 9.18 Å². The molecule has 0 aliphatic carbocycles. The quantitative estimate of drug-likeness (QED) is 0.536. The highest BCUT2D eigenvalue weighted by Crippen LogP contribution is 2.24. The van der Waals surface area contributed by atoms with E-state index in [0.29, 0.717) is 17.8 Å². The summed E-state index contributed by atoms with van der Waals surface area (Å²) in [6.45, 7) is 4.34. The van der Waals surface area contributed by atoms with Gasteiger partial charge in [0.1, 0.15) is 11.5 Å². The van der Waals surface area contributed by atoms with Crippen LogP contribution in [0.1, 0.15) is 27.2 Å². The SMILES string of the molecule is Cc1ccc(NC(=O)c2cc3occc3n2Cc2cccc(F)c2)c(C)c1. The van der Waals surface area contributed by atoms with E-state index in [1.54, 1.807) is 18.4 Å². The van der Waals surface area contributed by atoms with E-state index in [-0.39, 0.29) is 11.7 Å². The number of hydrogen-bond donors (Lipinski definition) is 1. The van der Waals surface area contributed by atoms with Crippen LogP contribution in [-0.4, -0.2) is 10.5 Å². The van der Waals surface area contributed by atoms with Gasteiger partial charge in [-0.1, -0.05) is 29.8 Å². The second kappa shape index (κ2) is 6.76. The Morgan fingerprint density at radius 2 is 1.96 bits per heavy atom. The number of nitrogens with one attached hydrogen (secondary N) is 1. The van der Waals surface area contributed by atoms with Crippen molar-refractivity contribution in [3.8, 4) is 0 Å². The molecule has 136 valence electrons. The molecule has 2 heterocycles. The molecule has 0 spiro atoms. The molecule has 0 saturated heterocycles. The minimum atomic E-state index is -0.302. The van der Waals surface area contributed by atoms with Crippen LogP contribution in [-0.2, 0) is 6.54 Å². The number of amides is 1. The number of rotatable bonds is 4. The first-order chi connectivity index (χ1) is 13.0. The van der Waals surface area contributed by atoms with E-state index in [1.807, 2.05) is 48.7 Å². The van der Waals surface area contributed by atoms with Gasteiger partial charge in [-0.25, -0.2) is 4.39 Å². The van der Waals surface area contributed by atoms with Crippen LogP contribution >= 0.6 is 0 Å². The van der Waals surface area contributed by atoms with Crippen LogP contribution in [0.4, 0.5) is 10.1 Å². The number of nitrogens with zero attached hydrogens (tertiary/aromatic N) is 1. The molecule has 0 saturated carbocycles. The number of aromatic nitrogens is 1. The zero-order valence-electron chi connectivity index (χ0n) is 15.1. The van der Waals surface area contributed by atoms with Crippen LogP contribution in [0.2, 0.25) is 0 Å². The number of carbonyl (C=O) groups excluding carboxylic acids is 1. The van der Waals surface area contributed by atoms with E-state index in [4.69, 9.17) is 4.42 Å². The molecule has 1 N–H and O–H groups in total. The first-order valence-electron chi connectivity index (χ1n) is 8.71. The molecule has 0 radical (unpaired) electrons. The number of aryl methyl sites for hydroxylation is 2. The van der Waals surface area contributed by atoms with E-state index >= 15 is 0 Å². The van der Waals surface area contributed by atoms with Crippen molar-refractivity contribution in [3.05, 3.63) is 89.1 Å². The Morgan fingerprint density at radius 1 is 1.11 bits per heavy atom. The largest absolute Gasteiger partial charge is 0.463 e. The van der Waals surface area contributed by atoms with Gasteiger partial charge >= 0.3 is 0 Å². The highest BCUT2D eigenvalue weighted by molar-refractivity contribution is 6.06. The molecule has 0 unspecified atom stereocenters. The lowest BCUT2D eigenvalue weighted by molar-refractivity contribution is 0.101. The Kier molecular flexibility index (Phi) is 4.28. The summed E-state index contributed by atoms with van der Waals surface area (Å²) in [5.41, 5.74) is 5.55. The van der Waals surface area contributed by atoms with Crippen molar-refractivity contribution < 1.29 is 13.6 Å². The highest BCUT2D eigenvalue weighted by atomic mass is 19.1. The monoisotopic (exact) mass is 362 g/mol. The molecular weight excluding hydrogens is 343 g/mol. The van der Waals surface area contributed by atoms with Crippen LogP contribution in [0.15, 0.2) is 65.3 Å². The van der Waals surface area contributed by atoms with Gasteiger partial charge in [-0.2, -0.15) is 0 Å². The minimum Gasteiger partial charge on any atom is -0.463 e. The average molecular weight is 362 g/mol. The Bertz CT molecular complexity index is 1140. The molecule has 1 amide bonds. The fourth-order valence-electron chi connectivity index (χ4n) is 3.29. The second-order valence-corrected chi connectivity index (χ2v) is 6.69. The molecule has 4 rings (SSSR count). The molecule has 0 aliphatic heterocycles. The summed E-state index contributed by atoms with van der Waals surface area (Å²) in [6.07, 6.45) is 1.58. The Balaban J connectivity index is 1.70. The fourth-order valence-corrected chi connectivity index (χ4v) is 3.29. The van der Waals surface area contributed by atoms with Gasteiger partial charge in [0.15, 0.2) is 5.58 Å². The maximum atomic E-state index is 13.6. The molecule has 0 aliphatic rings. The van der Waals surface area contributed by atoms with Gasteiger partial charge in [0.25, 0.3) is 5.91 Å². The van der Waals surface area contributed by atoms with Crippen molar-refractivity contribution in [1.29, 1.82) is 0 Å². The summed E-state index contributed by atoms with van der Waals surface area (Å²) in [7, 11) is 0. The molecule has 0 fully saturated rings. The third-order valence-corrected chi connectivity index (χ3v) is 4.62. The molecule has 2 aromatic heterocycles. The first kappa shape index (κ1) is 17.1. The Hall–Kier alpha value is -3.34. The van der Waals surface area contributed by atoms with E-state index < -0.39 is 0 Å². The van der Waals surface area contributed by atoms with Gasteiger partial charge in [-0.15, -0.1) is 0 Å². The number of hydrogen-bond acceptors (Lipinski definition) is 2. The van der Waals surface area contributed by atoms with Gasteiger partial charge in [-0.05, 0) is 43.2 Å². The van der Waals surface area contributed by atoms with Crippen molar-refractivity contribution in [3.63, 3.8) is 0 Å². The van der Waals surface area contributed by atoms with E-state index in [1.165, 1.54) is 12.1 Å². The number of benzene rings is 2. The molecule has 4 aromatic rings. The lowest BCUT2D eigenvalue weighted by atomic mass is 10.1. The molecule has 0 atom stereocenters. The van der Waals surface area contributed by atoms with Crippen molar-refractivity contribution >= 4 is 22.7 Å². The number of anilines is 1.